The fourth-order valence-electron chi connectivity index (χ4n) is 2.42. The first kappa shape index (κ1) is 16.0. The highest BCUT2D eigenvalue weighted by atomic mass is 16.6. The van der Waals surface area contributed by atoms with E-state index in [1.54, 1.807) is 0 Å². The van der Waals surface area contributed by atoms with E-state index in [1.165, 1.54) is 12.1 Å². The van der Waals surface area contributed by atoms with Crippen LogP contribution in [0.5, 0.6) is 11.5 Å². The molecule has 0 bridgehead atoms. The van der Waals surface area contributed by atoms with Crippen molar-refractivity contribution in [2.75, 3.05) is 0 Å². The molecule has 0 saturated carbocycles. The number of nitrogens with zero attached hydrogens (tertiary/aromatic N) is 1. The first-order chi connectivity index (χ1) is 11.8. The average Bonchev–Trinajstić information content (AvgIpc) is 2.53. The zero-order valence-electron chi connectivity index (χ0n) is 12.3. The lowest BCUT2D eigenvalue weighted by atomic mass is 10.0. The number of hydrogen-bond acceptors (Lipinski definition) is 7. The lowest BCUT2D eigenvalue weighted by molar-refractivity contribution is -0.384. The third kappa shape index (κ3) is 2.63. The number of non-ortho nitro benzene ring substituents is 1. The maximum atomic E-state index is 12.5. The minimum absolute atomic E-state index is 0.116. The summed E-state index contributed by atoms with van der Waals surface area (Å²) >= 11 is 0. The highest BCUT2D eigenvalue weighted by molar-refractivity contribution is 5.99. The number of benzene rings is 2. The largest absolute Gasteiger partial charge is 0.508 e. The van der Waals surface area contributed by atoms with Gasteiger partial charge in [0.05, 0.1) is 4.92 Å². The third-order valence-electron chi connectivity index (χ3n) is 3.51. The standard InChI is InChI=1S/C16H9NO8/c18-9-5-10(19)12-11(6-9)25-15(13(14(12)20)16(21)22)7-1-3-8(4-2-7)17(23)24/h1-6,18-19H,(H,21,22). The van der Waals surface area contributed by atoms with Gasteiger partial charge in [-0.25, -0.2) is 4.79 Å². The molecule has 0 aliphatic heterocycles. The minimum Gasteiger partial charge on any atom is -0.508 e. The molecule has 3 rings (SSSR count). The lowest BCUT2D eigenvalue weighted by Gasteiger charge is -2.08. The van der Waals surface area contributed by atoms with Crippen LogP contribution in [0.25, 0.3) is 22.3 Å². The second-order valence-electron chi connectivity index (χ2n) is 5.08. The number of carbonyl (C=O) groups is 1. The Kier molecular flexibility index (Phi) is 3.61. The fraction of sp³-hybridized carbons (Fsp3) is 0. The number of rotatable bonds is 3. The highest BCUT2D eigenvalue weighted by Gasteiger charge is 2.24. The van der Waals surface area contributed by atoms with Gasteiger partial charge in [-0.05, 0) is 12.1 Å². The van der Waals surface area contributed by atoms with Crippen LogP contribution < -0.4 is 5.43 Å². The number of aromatic hydroxyl groups is 2. The number of carboxylic acid groups (broad SMARTS) is 1. The molecule has 0 unspecified atom stereocenters. The summed E-state index contributed by atoms with van der Waals surface area (Å²) in [5.74, 6) is -2.94. The Morgan fingerprint density at radius 3 is 2.32 bits per heavy atom. The van der Waals surface area contributed by atoms with Crippen LogP contribution in [0.15, 0.2) is 45.6 Å². The van der Waals surface area contributed by atoms with E-state index >= 15 is 0 Å². The van der Waals surface area contributed by atoms with Crippen molar-refractivity contribution in [2.24, 2.45) is 0 Å². The zero-order valence-corrected chi connectivity index (χ0v) is 12.3. The quantitative estimate of drug-likeness (QED) is 0.484. The number of hydrogen-bond donors (Lipinski definition) is 3. The molecule has 9 nitrogen and oxygen atoms in total. The molecule has 0 fully saturated rings. The monoisotopic (exact) mass is 343 g/mol. The summed E-state index contributed by atoms with van der Waals surface area (Å²) in [7, 11) is 0. The number of aromatic carboxylic acids is 1. The van der Waals surface area contributed by atoms with Crippen molar-refractivity contribution < 1.29 is 29.5 Å². The maximum Gasteiger partial charge on any atom is 0.343 e. The van der Waals surface area contributed by atoms with Crippen molar-refractivity contribution in [1.29, 1.82) is 0 Å². The molecule has 126 valence electrons. The first-order valence-corrected chi connectivity index (χ1v) is 6.80. The van der Waals surface area contributed by atoms with E-state index in [2.05, 4.69) is 0 Å². The smallest absolute Gasteiger partial charge is 0.343 e. The summed E-state index contributed by atoms with van der Waals surface area (Å²) in [6.45, 7) is 0. The molecule has 2 aromatic carbocycles. The van der Waals surface area contributed by atoms with Gasteiger partial charge in [-0.15, -0.1) is 0 Å². The van der Waals surface area contributed by atoms with Crippen LogP contribution in [0.4, 0.5) is 5.69 Å². The number of phenolic OH excluding ortho intramolecular Hbond substituents is 2. The van der Waals surface area contributed by atoms with E-state index in [0.29, 0.717) is 0 Å². The summed E-state index contributed by atoms with van der Waals surface area (Å²) in [6, 6.07) is 6.66. The SMILES string of the molecule is O=C(O)c1c(-c2ccc([N+](=O)[O-])cc2)oc2cc(O)cc(O)c2c1=O. The van der Waals surface area contributed by atoms with Crippen LogP contribution in [0, 0.1) is 10.1 Å². The van der Waals surface area contributed by atoms with Crippen molar-refractivity contribution in [3.8, 4) is 22.8 Å². The molecular weight excluding hydrogens is 334 g/mol. The van der Waals surface area contributed by atoms with Gasteiger partial charge in [0.25, 0.3) is 5.69 Å². The second-order valence-corrected chi connectivity index (χ2v) is 5.08. The number of phenols is 2. The molecular formula is C16H9NO8. The number of fused-ring (bicyclic) bond motifs is 1. The van der Waals surface area contributed by atoms with Crippen molar-refractivity contribution in [1.82, 2.24) is 0 Å². The van der Waals surface area contributed by atoms with E-state index in [9.17, 15) is 35.0 Å². The van der Waals surface area contributed by atoms with Gasteiger partial charge in [-0.2, -0.15) is 0 Å². The molecule has 0 atom stereocenters. The molecule has 9 heteroatoms. The summed E-state index contributed by atoms with van der Waals surface area (Å²) in [5.41, 5.74) is -2.06. The zero-order chi connectivity index (χ0) is 18.3. The number of carboxylic acids is 1. The average molecular weight is 343 g/mol. The Labute approximate surface area is 138 Å². The van der Waals surface area contributed by atoms with Crippen molar-refractivity contribution in [3.05, 3.63) is 62.3 Å². The second kappa shape index (κ2) is 5.64. The van der Waals surface area contributed by atoms with Crippen LogP contribution in [0.2, 0.25) is 0 Å². The van der Waals surface area contributed by atoms with Crippen LogP contribution in [-0.4, -0.2) is 26.2 Å². The van der Waals surface area contributed by atoms with Crippen LogP contribution in [0.3, 0.4) is 0 Å². The minimum atomic E-state index is -1.59. The topological polar surface area (TPSA) is 151 Å². The first-order valence-electron chi connectivity index (χ1n) is 6.80. The number of nitro groups is 1. The van der Waals surface area contributed by atoms with Gasteiger partial charge in [-0.1, -0.05) is 0 Å². The molecule has 0 radical (unpaired) electrons. The fourth-order valence-corrected chi connectivity index (χ4v) is 2.42. The van der Waals surface area contributed by atoms with Crippen LogP contribution >= 0.6 is 0 Å². The van der Waals surface area contributed by atoms with E-state index < -0.39 is 27.6 Å². The Hall–Kier alpha value is -3.88. The van der Waals surface area contributed by atoms with Gasteiger partial charge >= 0.3 is 5.97 Å². The van der Waals surface area contributed by atoms with Gasteiger partial charge in [-0.3, -0.25) is 14.9 Å². The summed E-state index contributed by atoms with van der Waals surface area (Å²) in [5, 5.41) is 39.0. The van der Waals surface area contributed by atoms with E-state index in [1.807, 2.05) is 0 Å². The predicted molar refractivity (Wildman–Crippen MR) is 84.9 cm³/mol. The third-order valence-corrected chi connectivity index (χ3v) is 3.51. The summed E-state index contributed by atoms with van der Waals surface area (Å²) < 4.78 is 5.41. The lowest BCUT2D eigenvalue weighted by Crippen LogP contribution is -2.16. The van der Waals surface area contributed by atoms with Gasteiger partial charge in [0, 0.05) is 29.8 Å². The number of nitro benzene ring substituents is 1. The summed E-state index contributed by atoms with van der Waals surface area (Å²) in [4.78, 5) is 34.1. The molecule has 25 heavy (non-hydrogen) atoms. The Morgan fingerprint density at radius 2 is 1.76 bits per heavy atom. The van der Waals surface area contributed by atoms with Crippen molar-refractivity contribution in [3.63, 3.8) is 0 Å². The van der Waals surface area contributed by atoms with Crippen LogP contribution in [-0.2, 0) is 0 Å². The molecule has 0 spiro atoms. The normalized spacial score (nSPS) is 10.7. The highest BCUT2D eigenvalue weighted by Crippen LogP contribution is 2.33. The molecule has 0 aliphatic rings. The molecule has 3 aromatic rings. The Bertz CT molecular complexity index is 1080. The van der Waals surface area contributed by atoms with E-state index in [-0.39, 0.29) is 33.7 Å². The van der Waals surface area contributed by atoms with Gasteiger partial charge < -0.3 is 19.7 Å². The van der Waals surface area contributed by atoms with Gasteiger partial charge in [0.1, 0.15) is 22.5 Å². The predicted octanol–water partition coefficient (Wildman–Crippen LogP) is 2.48. The van der Waals surface area contributed by atoms with E-state index in [0.717, 1.165) is 24.3 Å². The van der Waals surface area contributed by atoms with Crippen molar-refractivity contribution >= 4 is 22.6 Å². The molecule has 0 aliphatic carbocycles. The molecule has 0 amide bonds. The summed E-state index contributed by atoms with van der Waals surface area (Å²) in [6.07, 6.45) is 0. The van der Waals surface area contributed by atoms with Gasteiger partial charge in [0.2, 0.25) is 5.43 Å². The molecule has 1 heterocycles. The molecule has 0 saturated heterocycles. The van der Waals surface area contributed by atoms with Crippen molar-refractivity contribution in [2.45, 2.75) is 0 Å². The maximum absolute atomic E-state index is 12.5. The molecule has 1 aromatic heterocycles. The van der Waals surface area contributed by atoms with Crippen LogP contribution in [0.1, 0.15) is 10.4 Å². The van der Waals surface area contributed by atoms with E-state index in [4.69, 9.17) is 4.42 Å². The Balaban J connectivity index is 2.37. The molecule has 3 N–H and O–H groups in total. The van der Waals surface area contributed by atoms with Gasteiger partial charge in [0.15, 0.2) is 11.3 Å². The Morgan fingerprint density at radius 1 is 1.12 bits per heavy atom.